The second-order valence-corrected chi connectivity index (χ2v) is 5.08. The largest absolute Gasteiger partial charge is 0.385 e. The summed E-state index contributed by atoms with van der Waals surface area (Å²) >= 11 is 0. The standard InChI is InChI=1S/C16H35NO4/c1-18-11-3-5-13-20-15-7-9-17-10-8-16-21-14-6-4-12-19-2/h17H,3-16H2,1-2H3. The smallest absolute Gasteiger partial charge is 0.0478 e. The van der Waals surface area contributed by atoms with Gasteiger partial charge in [0.25, 0.3) is 0 Å². The average Bonchev–Trinajstić information content (AvgIpc) is 2.50. The Hall–Kier alpha value is -0.200. The molecule has 0 radical (unpaired) electrons. The maximum absolute atomic E-state index is 5.54. The van der Waals surface area contributed by atoms with Gasteiger partial charge in [0.2, 0.25) is 0 Å². The van der Waals surface area contributed by atoms with Crippen LogP contribution in [0.2, 0.25) is 0 Å². The molecule has 0 unspecified atom stereocenters. The topological polar surface area (TPSA) is 49.0 Å². The first kappa shape index (κ1) is 20.8. The number of nitrogens with one attached hydrogen (secondary N) is 1. The lowest BCUT2D eigenvalue weighted by molar-refractivity contribution is 0.113. The molecule has 21 heavy (non-hydrogen) atoms. The van der Waals surface area contributed by atoms with Crippen LogP contribution < -0.4 is 5.32 Å². The Balaban J connectivity index is 2.90. The van der Waals surface area contributed by atoms with E-state index in [2.05, 4.69) is 5.32 Å². The second-order valence-electron chi connectivity index (χ2n) is 5.08. The van der Waals surface area contributed by atoms with E-state index >= 15 is 0 Å². The van der Waals surface area contributed by atoms with E-state index in [0.717, 1.165) is 91.3 Å². The van der Waals surface area contributed by atoms with Crippen molar-refractivity contribution in [2.45, 2.75) is 38.5 Å². The fourth-order valence-electron chi connectivity index (χ4n) is 1.83. The molecule has 128 valence electrons. The maximum atomic E-state index is 5.54. The molecule has 0 bridgehead atoms. The SMILES string of the molecule is COCCCCOCCCNCCCOCCCCOC. The quantitative estimate of drug-likeness (QED) is 0.394. The molecular weight excluding hydrogens is 270 g/mol. The molecule has 0 heterocycles. The molecule has 0 aliphatic rings. The summed E-state index contributed by atoms with van der Waals surface area (Å²) in [5.74, 6) is 0. The van der Waals surface area contributed by atoms with E-state index in [0.29, 0.717) is 0 Å². The van der Waals surface area contributed by atoms with Gasteiger partial charge in [-0.25, -0.2) is 0 Å². The van der Waals surface area contributed by atoms with E-state index in [1.807, 2.05) is 0 Å². The van der Waals surface area contributed by atoms with Crippen LogP contribution in [0.4, 0.5) is 0 Å². The van der Waals surface area contributed by atoms with Crippen molar-refractivity contribution in [1.82, 2.24) is 5.32 Å². The summed E-state index contributed by atoms with van der Waals surface area (Å²) < 4.78 is 21.1. The van der Waals surface area contributed by atoms with Crippen LogP contribution in [-0.4, -0.2) is 67.0 Å². The average molecular weight is 305 g/mol. The summed E-state index contributed by atoms with van der Waals surface area (Å²) in [6.07, 6.45) is 6.48. The van der Waals surface area contributed by atoms with Gasteiger partial charge in [0.1, 0.15) is 0 Å². The Labute approximate surface area is 130 Å². The van der Waals surface area contributed by atoms with E-state index in [9.17, 15) is 0 Å². The lowest BCUT2D eigenvalue weighted by atomic mass is 10.3. The fraction of sp³-hybridized carbons (Fsp3) is 1.00. The third-order valence-corrected chi connectivity index (χ3v) is 3.06. The zero-order valence-corrected chi connectivity index (χ0v) is 14.0. The molecule has 0 aromatic carbocycles. The summed E-state index contributed by atoms with van der Waals surface area (Å²) in [5, 5.41) is 3.41. The number of unbranched alkanes of at least 4 members (excludes halogenated alkanes) is 2. The van der Waals surface area contributed by atoms with Crippen molar-refractivity contribution >= 4 is 0 Å². The van der Waals surface area contributed by atoms with Crippen molar-refractivity contribution in [1.29, 1.82) is 0 Å². The number of hydrogen-bond donors (Lipinski definition) is 1. The summed E-state index contributed by atoms with van der Waals surface area (Å²) in [4.78, 5) is 0. The van der Waals surface area contributed by atoms with Gasteiger partial charge in [-0.1, -0.05) is 0 Å². The first-order valence-corrected chi connectivity index (χ1v) is 8.26. The highest BCUT2D eigenvalue weighted by Gasteiger charge is 1.93. The van der Waals surface area contributed by atoms with Crippen LogP contribution >= 0.6 is 0 Å². The van der Waals surface area contributed by atoms with Gasteiger partial charge in [0, 0.05) is 53.9 Å². The van der Waals surface area contributed by atoms with Crippen LogP contribution in [0.1, 0.15) is 38.5 Å². The molecule has 0 spiro atoms. The molecule has 0 saturated carbocycles. The number of hydrogen-bond acceptors (Lipinski definition) is 5. The van der Waals surface area contributed by atoms with E-state index in [1.54, 1.807) is 14.2 Å². The zero-order valence-electron chi connectivity index (χ0n) is 14.0. The molecule has 5 nitrogen and oxygen atoms in total. The van der Waals surface area contributed by atoms with Gasteiger partial charge in [-0.05, 0) is 51.6 Å². The molecular formula is C16H35NO4. The zero-order chi connectivity index (χ0) is 15.4. The summed E-state index contributed by atoms with van der Waals surface area (Å²) in [6, 6.07) is 0. The number of rotatable bonds is 18. The molecule has 0 aliphatic heterocycles. The molecule has 1 N–H and O–H groups in total. The fourth-order valence-corrected chi connectivity index (χ4v) is 1.83. The van der Waals surface area contributed by atoms with Crippen LogP contribution in [-0.2, 0) is 18.9 Å². The Morgan fingerprint density at radius 3 is 1.33 bits per heavy atom. The van der Waals surface area contributed by atoms with Crippen molar-refractivity contribution in [3.05, 3.63) is 0 Å². The van der Waals surface area contributed by atoms with Gasteiger partial charge in [-0.15, -0.1) is 0 Å². The summed E-state index contributed by atoms with van der Waals surface area (Å²) in [6.45, 7) is 7.09. The monoisotopic (exact) mass is 305 g/mol. The van der Waals surface area contributed by atoms with E-state index < -0.39 is 0 Å². The molecule has 5 heteroatoms. The predicted octanol–water partition coefficient (Wildman–Crippen LogP) is 2.24. The maximum Gasteiger partial charge on any atom is 0.0478 e. The van der Waals surface area contributed by atoms with Gasteiger partial charge < -0.3 is 24.3 Å². The van der Waals surface area contributed by atoms with E-state index in [-0.39, 0.29) is 0 Å². The highest BCUT2D eigenvalue weighted by atomic mass is 16.5. The Bertz CT molecular complexity index is 164. The number of ether oxygens (including phenoxy) is 4. The van der Waals surface area contributed by atoms with Crippen LogP contribution in [0.5, 0.6) is 0 Å². The molecule has 0 aromatic heterocycles. The first-order valence-electron chi connectivity index (χ1n) is 8.26. The molecule has 0 atom stereocenters. The molecule has 0 aliphatic carbocycles. The van der Waals surface area contributed by atoms with Gasteiger partial charge in [0.05, 0.1) is 0 Å². The lowest BCUT2D eigenvalue weighted by Gasteiger charge is -2.07. The van der Waals surface area contributed by atoms with Crippen LogP contribution in [0.25, 0.3) is 0 Å². The third kappa shape index (κ3) is 19.8. The third-order valence-electron chi connectivity index (χ3n) is 3.06. The normalized spacial score (nSPS) is 11.1. The highest BCUT2D eigenvalue weighted by Crippen LogP contribution is 1.92. The van der Waals surface area contributed by atoms with Crippen molar-refractivity contribution in [2.75, 3.05) is 67.0 Å². The first-order chi connectivity index (χ1) is 10.4. The Morgan fingerprint density at radius 1 is 0.524 bits per heavy atom. The number of methoxy groups -OCH3 is 2. The second kappa shape index (κ2) is 19.8. The minimum absolute atomic E-state index is 0.833. The van der Waals surface area contributed by atoms with E-state index in [1.165, 1.54) is 0 Å². The van der Waals surface area contributed by atoms with Crippen molar-refractivity contribution in [2.24, 2.45) is 0 Å². The highest BCUT2D eigenvalue weighted by molar-refractivity contribution is 4.48. The van der Waals surface area contributed by atoms with Crippen molar-refractivity contribution in [3.8, 4) is 0 Å². The van der Waals surface area contributed by atoms with Gasteiger partial charge in [-0.2, -0.15) is 0 Å². The van der Waals surface area contributed by atoms with Crippen molar-refractivity contribution < 1.29 is 18.9 Å². The molecule has 0 saturated heterocycles. The van der Waals surface area contributed by atoms with Crippen LogP contribution in [0.3, 0.4) is 0 Å². The summed E-state index contributed by atoms with van der Waals surface area (Å²) in [7, 11) is 3.47. The molecule has 0 fully saturated rings. The molecule has 0 rings (SSSR count). The Morgan fingerprint density at radius 2 is 0.905 bits per heavy atom. The van der Waals surface area contributed by atoms with Gasteiger partial charge in [-0.3, -0.25) is 0 Å². The van der Waals surface area contributed by atoms with Crippen molar-refractivity contribution in [3.63, 3.8) is 0 Å². The molecule has 0 amide bonds. The van der Waals surface area contributed by atoms with Gasteiger partial charge in [0.15, 0.2) is 0 Å². The Kier molecular flexibility index (Phi) is 19.6. The lowest BCUT2D eigenvalue weighted by Crippen LogP contribution is -2.19. The minimum atomic E-state index is 0.833. The predicted molar refractivity (Wildman–Crippen MR) is 86.0 cm³/mol. The molecule has 0 aromatic rings. The van der Waals surface area contributed by atoms with Crippen LogP contribution in [0, 0.1) is 0 Å². The van der Waals surface area contributed by atoms with E-state index in [4.69, 9.17) is 18.9 Å². The minimum Gasteiger partial charge on any atom is -0.385 e. The summed E-state index contributed by atoms with van der Waals surface area (Å²) in [5.41, 5.74) is 0. The van der Waals surface area contributed by atoms with Crippen LogP contribution in [0.15, 0.2) is 0 Å². The van der Waals surface area contributed by atoms with Gasteiger partial charge >= 0.3 is 0 Å².